The lowest BCUT2D eigenvalue weighted by molar-refractivity contribution is 0.0599. The van der Waals surface area contributed by atoms with Crippen molar-refractivity contribution in [3.63, 3.8) is 0 Å². The van der Waals surface area contributed by atoms with Gasteiger partial charge in [0, 0.05) is 37.4 Å². The van der Waals surface area contributed by atoms with Gasteiger partial charge in [-0.25, -0.2) is 9.59 Å². The van der Waals surface area contributed by atoms with Gasteiger partial charge in [-0.1, -0.05) is 36.9 Å². The van der Waals surface area contributed by atoms with Crippen molar-refractivity contribution in [2.75, 3.05) is 44.8 Å². The molecule has 0 radical (unpaired) electrons. The first-order valence-corrected chi connectivity index (χ1v) is 10.3. The summed E-state index contributed by atoms with van der Waals surface area (Å²) in [5.41, 5.74) is 2.91. The fraction of sp³-hybridized carbons (Fsp3) is 0.333. The third kappa shape index (κ3) is 5.57. The number of hydrogen-bond donors (Lipinski definition) is 0. The third-order valence-corrected chi connectivity index (χ3v) is 5.14. The first-order valence-electron chi connectivity index (χ1n) is 10.3. The highest BCUT2D eigenvalue weighted by Crippen LogP contribution is 2.27. The van der Waals surface area contributed by atoms with E-state index in [9.17, 15) is 9.59 Å². The highest BCUT2D eigenvalue weighted by Gasteiger charge is 2.24. The Morgan fingerprint density at radius 2 is 1.68 bits per heavy atom. The normalized spacial score (nSPS) is 13.5. The highest BCUT2D eigenvalue weighted by atomic mass is 16.6. The number of piperazine rings is 1. The SMILES string of the molecule is C=C(OCC)c1cc(N2CCN(C(=O)OCc3ccccc3)CC2)ccc1C(=O)OC. The zero-order valence-corrected chi connectivity index (χ0v) is 18.0. The summed E-state index contributed by atoms with van der Waals surface area (Å²) in [6.07, 6.45) is -0.310. The maximum absolute atomic E-state index is 12.4. The molecule has 0 aromatic heterocycles. The van der Waals surface area contributed by atoms with Crippen LogP contribution in [0.15, 0.2) is 55.1 Å². The van der Waals surface area contributed by atoms with Crippen LogP contribution in [0, 0.1) is 0 Å². The van der Waals surface area contributed by atoms with Gasteiger partial charge >= 0.3 is 12.1 Å². The average molecular weight is 424 g/mol. The summed E-state index contributed by atoms with van der Waals surface area (Å²) in [5.74, 6) is -0.0127. The van der Waals surface area contributed by atoms with Crippen LogP contribution >= 0.6 is 0 Å². The Kier molecular flexibility index (Phi) is 7.54. The highest BCUT2D eigenvalue weighted by molar-refractivity contribution is 5.95. The van der Waals surface area contributed by atoms with Crippen molar-refractivity contribution < 1.29 is 23.8 Å². The van der Waals surface area contributed by atoms with E-state index >= 15 is 0 Å². The molecule has 1 fully saturated rings. The molecule has 0 spiro atoms. The second-order valence-corrected chi connectivity index (χ2v) is 7.09. The average Bonchev–Trinajstić information content (AvgIpc) is 2.82. The van der Waals surface area contributed by atoms with E-state index in [1.54, 1.807) is 11.0 Å². The molecule has 0 saturated carbocycles. The fourth-order valence-electron chi connectivity index (χ4n) is 3.46. The van der Waals surface area contributed by atoms with E-state index in [1.165, 1.54) is 7.11 Å². The van der Waals surface area contributed by atoms with Crippen LogP contribution < -0.4 is 4.90 Å². The molecule has 1 amide bonds. The van der Waals surface area contributed by atoms with Crippen molar-refractivity contribution >= 4 is 23.5 Å². The van der Waals surface area contributed by atoms with Gasteiger partial charge in [0.2, 0.25) is 0 Å². The summed E-state index contributed by atoms with van der Waals surface area (Å²) >= 11 is 0. The molecule has 1 saturated heterocycles. The lowest BCUT2D eigenvalue weighted by atomic mass is 10.0. The molecule has 1 aliphatic rings. The van der Waals surface area contributed by atoms with Crippen LogP contribution in [0.2, 0.25) is 0 Å². The van der Waals surface area contributed by atoms with Gasteiger partial charge in [0.25, 0.3) is 0 Å². The lowest BCUT2D eigenvalue weighted by Crippen LogP contribution is -2.49. The van der Waals surface area contributed by atoms with Gasteiger partial charge < -0.3 is 24.0 Å². The summed E-state index contributed by atoms with van der Waals surface area (Å²) in [4.78, 5) is 28.4. The monoisotopic (exact) mass is 424 g/mol. The van der Waals surface area contributed by atoms with E-state index in [0.29, 0.717) is 49.7 Å². The molecule has 7 heteroatoms. The molecule has 0 unspecified atom stereocenters. The molecule has 0 N–H and O–H groups in total. The number of nitrogens with zero attached hydrogens (tertiary/aromatic N) is 2. The number of rotatable bonds is 7. The van der Waals surface area contributed by atoms with Gasteiger partial charge in [0.05, 0.1) is 19.3 Å². The summed E-state index contributed by atoms with van der Waals surface area (Å²) in [5, 5.41) is 0. The van der Waals surface area contributed by atoms with E-state index < -0.39 is 5.97 Å². The number of esters is 1. The number of methoxy groups -OCH3 is 1. The largest absolute Gasteiger partial charge is 0.494 e. The zero-order chi connectivity index (χ0) is 22.2. The van der Waals surface area contributed by atoms with Crippen LogP contribution in [-0.4, -0.2) is 56.9 Å². The van der Waals surface area contributed by atoms with E-state index in [2.05, 4.69) is 11.5 Å². The van der Waals surface area contributed by atoms with Crippen molar-refractivity contribution in [3.8, 4) is 0 Å². The van der Waals surface area contributed by atoms with Gasteiger partial charge in [-0.15, -0.1) is 0 Å². The van der Waals surface area contributed by atoms with Gasteiger partial charge in [0.15, 0.2) is 0 Å². The number of hydrogen-bond acceptors (Lipinski definition) is 6. The number of carbonyl (C=O) groups excluding carboxylic acids is 2. The minimum absolute atomic E-state index is 0.262. The van der Waals surface area contributed by atoms with E-state index in [-0.39, 0.29) is 12.7 Å². The van der Waals surface area contributed by atoms with E-state index in [1.807, 2.05) is 49.4 Å². The van der Waals surface area contributed by atoms with Crippen LogP contribution in [0.3, 0.4) is 0 Å². The van der Waals surface area contributed by atoms with Crippen molar-refractivity contribution in [2.45, 2.75) is 13.5 Å². The molecular weight excluding hydrogens is 396 g/mol. The number of ether oxygens (including phenoxy) is 3. The minimum Gasteiger partial charge on any atom is -0.494 e. The Bertz CT molecular complexity index is 921. The number of carbonyl (C=O) groups is 2. The Morgan fingerprint density at radius 3 is 2.32 bits per heavy atom. The Morgan fingerprint density at radius 1 is 0.968 bits per heavy atom. The summed E-state index contributed by atoms with van der Waals surface area (Å²) in [7, 11) is 1.35. The van der Waals surface area contributed by atoms with Crippen molar-refractivity contribution in [1.29, 1.82) is 0 Å². The summed E-state index contributed by atoms with van der Waals surface area (Å²) in [6.45, 7) is 8.92. The fourth-order valence-corrected chi connectivity index (χ4v) is 3.46. The second-order valence-electron chi connectivity index (χ2n) is 7.09. The predicted molar refractivity (Wildman–Crippen MR) is 119 cm³/mol. The molecule has 164 valence electrons. The first-order chi connectivity index (χ1) is 15.0. The molecule has 3 rings (SSSR count). The Hall–Kier alpha value is -3.48. The minimum atomic E-state index is -0.437. The van der Waals surface area contributed by atoms with E-state index in [4.69, 9.17) is 14.2 Å². The van der Waals surface area contributed by atoms with Crippen molar-refractivity contribution in [1.82, 2.24) is 4.90 Å². The maximum atomic E-state index is 12.4. The molecule has 1 aliphatic heterocycles. The lowest BCUT2D eigenvalue weighted by Gasteiger charge is -2.35. The molecule has 1 heterocycles. The Labute approximate surface area is 182 Å². The smallest absolute Gasteiger partial charge is 0.410 e. The molecule has 0 atom stereocenters. The molecular formula is C24H28N2O5. The molecule has 2 aromatic rings. The molecule has 0 aliphatic carbocycles. The maximum Gasteiger partial charge on any atom is 0.410 e. The molecule has 2 aromatic carbocycles. The number of anilines is 1. The number of benzene rings is 2. The van der Waals surface area contributed by atoms with Crippen molar-refractivity contribution in [2.24, 2.45) is 0 Å². The molecule has 31 heavy (non-hydrogen) atoms. The van der Waals surface area contributed by atoms with Crippen molar-refractivity contribution in [3.05, 3.63) is 71.8 Å². The standard InChI is InChI=1S/C24H28N2O5/c1-4-30-18(2)22-16-20(10-11-21(22)23(27)29-3)25-12-14-26(15-13-25)24(28)31-17-19-8-6-5-7-9-19/h5-11,16H,2,4,12-15,17H2,1,3H3. The molecule has 7 nitrogen and oxygen atoms in total. The van der Waals surface area contributed by atoms with Crippen LogP contribution in [0.4, 0.5) is 10.5 Å². The van der Waals surface area contributed by atoms with Gasteiger partial charge in [0.1, 0.15) is 12.4 Å². The molecule has 0 bridgehead atoms. The second kappa shape index (κ2) is 10.5. The summed E-state index contributed by atoms with van der Waals surface area (Å²) < 4.78 is 15.8. The predicted octanol–water partition coefficient (Wildman–Crippen LogP) is 3.94. The summed E-state index contributed by atoms with van der Waals surface area (Å²) in [6, 6.07) is 15.1. The van der Waals surface area contributed by atoms with Gasteiger partial charge in [-0.05, 0) is 30.7 Å². The first kappa shape index (κ1) is 22.2. The topological polar surface area (TPSA) is 68.3 Å². The van der Waals surface area contributed by atoms with E-state index in [0.717, 1.165) is 11.3 Å². The zero-order valence-electron chi connectivity index (χ0n) is 18.0. The van der Waals surface area contributed by atoms with Gasteiger partial charge in [-0.3, -0.25) is 0 Å². The quantitative estimate of drug-likeness (QED) is 0.495. The third-order valence-electron chi connectivity index (χ3n) is 5.14. The van der Waals surface area contributed by atoms with Crippen LogP contribution in [0.1, 0.15) is 28.4 Å². The van der Waals surface area contributed by atoms with Crippen LogP contribution in [0.25, 0.3) is 5.76 Å². The van der Waals surface area contributed by atoms with Crippen LogP contribution in [-0.2, 0) is 20.8 Å². The number of amides is 1. The van der Waals surface area contributed by atoms with Crippen LogP contribution in [0.5, 0.6) is 0 Å². The Balaban J connectivity index is 1.63. The van der Waals surface area contributed by atoms with Gasteiger partial charge in [-0.2, -0.15) is 0 Å².